The number of aryl methyl sites for hydroxylation is 1. The third-order valence-corrected chi connectivity index (χ3v) is 16.5. The molecule has 5 aliphatic rings. The average molecular weight is 979 g/mol. The summed E-state index contributed by atoms with van der Waals surface area (Å²) in [4.78, 5) is 19.8. The Kier molecular flexibility index (Phi) is 14.3. The van der Waals surface area contributed by atoms with Crippen molar-refractivity contribution in [3.05, 3.63) is 137 Å². The summed E-state index contributed by atoms with van der Waals surface area (Å²) >= 11 is 0. The molecule has 1 spiro atoms. The molecule has 4 heterocycles. The van der Waals surface area contributed by atoms with Gasteiger partial charge in [0.15, 0.2) is 23.0 Å². The van der Waals surface area contributed by atoms with E-state index in [1.54, 1.807) is 30.3 Å². The molecule has 1 aromatic heterocycles. The number of aromatic nitrogens is 1. The highest BCUT2D eigenvalue weighted by atomic mass is 16.5. The van der Waals surface area contributed by atoms with Crippen molar-refractivity contribution in [3.63, 3.8) is 0 Å². The van der Waals surface area contributed by atoms with Gasteiger partial charge in [0.1, 0.15) is 17.4 Å². The largest absolute Gasteiger partial charge is 0.508 e. The molecule has 380 valence electrons. The molecule has 0 radical (unpaired) electrons. The van der Waals surface area contributed by atoms with Gasteiger partial charge in [-0.2, -0.15) is 0 Å². The highest BCUT2D eigenvalue weighted by Crippen LogP contribution is 2.59. The van der Waals surface area contributed by atoms with Gasteiger partial charge in [0, 0.05) is 59.9 Å². The van der Waals surface area contributed by atoms with Crippen molar-refractivity contribution in [1.29, 1.82) is 0 Å². The Labute approximate surface area is 421 Å². The fourth-order valence-electron chi connectivity index (χ4n) is 13.2. The van der Waals surface area contributed by atoms with Gasteiger partial charge in [-0.3, -0.25) is 4.79 Å². The number of ketones is 1. The summed E-state index contributed by atoms with van der Waals surface area (Å²) in [6.07, 6.45) is 14.2. The summed E-state index contributed by atoms with van der Waals surface area (Å²) in [6.45, 7) is 3.95. The Hall–Kier alpha value is -6.41. The maximum atomic E-state index is 16.4. The lowest BCUT2D eigenvalue weighted by Crippen LogP contribution is -2.50. The number of hydrogen-bond acceptors (Lipinski definition) is 12. The molecule has 0 amide bonds. The summed E-state index contributed by atoms with van der Waals surface area (Å²) in [5.74, 6) is -1.02. The van der Waals surface area contributed by atoms with Crippen molar-refractivity contribution >= 4 is 22.2 Å². The summed E-state index contributed by atoms with van der Waals surface area (Å²) in [5.41, 5.74) is 5.03. The van der Waals surface area contributed by atoms with Crippen LogP contribution in [0.15, 0.2) is 109 Å². The highest BCUT2D eigenvalue weighted by Gasteiger charge is 2.58. The van der Waals surface area contributed by atoms with Crippen molar-refractivity contribution in [3.8, 4) is 34.5 Å². The number of fused-ring (bicyclic) bond motifs is 6. The highest BCUT2D eigenvalue weighted by molar-refractivity contribution is 5.92. The van der Waals surface area contributed by atoms with Crippen LogP contribution < -0.4 is 25.4 Å². The predicted octanol–water partition coefficient (Wildman–Crippen LogP) is 9.14. The maximum Gasteiger partial charge on any atom is 0.200 e. The molecule has 5 aromatic rings. The standard InChI is InChI=1S/C59H70N4O9/c1-34-6-3-7-35(24-34)33-72-53-29-39(28-52(69)57(53)70)38-25-40(32-60-2)55-44-14-13-43(64)26-37(44)10-15-47(55)63-54-30-41(19-22-62-54)59(20-18-48(65)46(59)31-42-8-4-21-61-42)56(51(68)27-38)49(66)16-11-36-12-17-50(67)58-45(36)9-5-23-71-58/h3-4,7-8,10,12-15,17,19,21,26,28-30,34-35,38,40,46,48-49,56,60-67,69-70H,5-6,9,11,16,18,20,22-25,27,31-33H2,1-2H3/t34-,35+,38+,40-,46-,48+,49+,56+,59-/m0/s1. The number of ether oxygens (including phenoxy) is 2. The molecule has 13 nitrogen and oxygen atoms in total. The number of hydrogen-bond donors (Lipinski definition) is 10. The first kappa shape index (κ1) is 49.2. The van der Waals surface area contributed by atoms with Crippen LogP contribution in [0.2, 0.25) is 0 Å². The molecule has 2 bridgehead atoms. The van der Waals surface area contributed by atoms with Crippen LogP contribution in [0.3, 0.4) is 0 Å². The van der Waals surface area contributed by atoms with E-state index in [0.29, 0.717) is 81.5 Å². The van der Waals surface area contributed by atoms with Crippen LogP contribution in [0.5, 0.6) is 34.5 Å². The molecule has 10 N–H and O–H groups in total. The van der Waals surface area contributed by atoms with Gasteiger partial charge in [0.25, 0.3) is 0 Å². The van der Waals surface area contributed by atoms with Gasteiger partial charge in [0.05, 0.1) is 31.3 Å². The molecule has 72 heavy (non-hydrogen) atoms. The number of Topliss-reactive ketones (excluding diaryl/α,β-unsaturated/α-hetero) is 1. The van der Waals surface area contributed by atoms with Crippen molar-refractivity contribution in [2.45, 2.75) is 102 Å². The predicted molar refractivity (Wildman–Crippen MR) is 279 cm³/mol. The van der Waals surface area contributed by atoms with Crippen LogP contribution in [0.4, 0.5) is 5.69 Å². The van der Waals surface area contributed by atoms with E-state index in [4.69, 9.17) is 9.47 Å². The first-order chi connectivity index (χ1) is 34.9. The number of carbonyl (C=O) groups excluding carboxylic acids is 1. The number of dihydropyridines is 1. The Morgan fingerprint density at radius 2 is 1.89 bits per heavy atom. The number of aliphatic hydroxyl groups is 2. The lowest BCUT2D eigenvalue weighted by atomic mass is 9.57. The van der Waals surface area contributed by atoms with Gasteiger partial charge < -0.3 is 61.0 Å². The molecular formula is C59H70N4O9. The summed E-state index contributed by atoms with van der Waals surface area (Å²) in [5, 5.41) is 82.5. The number of aromatic amines is 1. The minimum atomic E-state index is -1.17. The molecule has 2 aliphatic carbocycles. The van der Waals surface area contributed by atoms with E-state index in [1.807, 2.05) is 49.6 Å². The molecular weight excluding hydrogens is 909 g/mol. The lowest BCUT2D eigenvalue weighted by Gasteiger charge is -2.46. The van der Waals surface area contributed by atoms with E-state index in [1.165, 1.54) is 0 Å². The Morgan fingerprint density at radius 3 is 2.71 bits per heavy atom. The molecule has 4 aromatic carbocycles. The second-order valence-electron chi connectivity index (χ2n) is 21.2. The minimum absolute atomic E-state index is 0.0413. The Morgan fingerprint density at radius 1 is 1.01 bits per heavy atom. The van der Waals surface area contributed by atoms with E-state index in [2.05, 4.69) is 52.2 Å². The molecule has 9 atom stereocenters. The van der Waals surface area contributed by atoms with Crippen LogP contribution in [0, 0.1) is 29.1 Å². The van der Waals surface area contributed by atoms with Crippen molar-refractivity contribution in [2.75, 3.05) is 38.7 Å². The van der Waals surface area contributed by atoms with Crippen molar-refractivity contribution in [2.24, 2.45) is 29.1 Å². The van der Waals surface area contributed by atoms with Crippen molar-refractivity contribution < 1.29 is 44.9 Å². The molecule has 1 saturated carbocycles. The van der Waals surface area contributed by atoms with Gasteiger partial charge in [0.2, 0.25) is 5.75 Å². The number of nitrogens with one attached hydrogen (secondary N) is 4. The molecule has 13 heteroatoms. The lowest BCUT2D eigenvalue weighted by molar-refractivity contribution is -0.134. The number of aliphatic hydroxyl groups excluding tert-OH is 2. The number of carbonyl (C=O) groups is 1. The number of likely N-dealkylation sites (N-methyl/N-ethyl adjacent to an activating group) is 1. The SMILES string of the molecule is CNC[C@@H]1C[C@@H](c2cc(O)c(O)c(OC[C@@H]3C=CC[C@H](C)C3)c2)CC(=O)[C@@H]([C@H](O)CCc2ccc(O)c3c2CCCO3)[C@@]2(CC[C@@H](O)[C@@H]2Cc2ccc[nH]2)C2=CCNC(=C2)Nc2ccc3cc(O)ccc3c21. The zero-order valence-corrected chi connectivity index (χ0v) is 41.4. The van der Waals surface area contributed by atoms with Crippen molar-refractivity contribution in [1.82, 2.24) is 15.6 Å². The number of rotatable bonds is 12. The van der Waals surface area contributed by atoms with E-state index < -0.39 is 35.4 Å². The van der Waals surface area contributed by atoms with Gasteiger partial charge in [-0.15, -0.1) is 0 Å². The third-order valence-electron chi connectivity index (χ3n) is 16.5. The first-order valence-electron chi connectivity index (χ1n) is 26.1. The normalized spacial score (nSPS) is 26.7. The topological polar surface area (TPSA) is 209 Å². The van der Waals surface area contributed by atoms with Crippen LogP contribution in [-0.2, 0) is 24.1 Å². The number of phenolic OH excluding ortho intramolecular Hbond substituents is 4. The third kappa shape index (κ3) is 9.78. The van der Waals surface area contributed by atoms with Gasteiger partial charge in [-0.05, 0) is 177 Å². The van der Waals surface area contributed by atoms with E-state index in [0.717, 1.165) is 70.1 Å². The number of aromatic hydroxyl groups is 4. The van der Waals surface area contributed by atoms with Gasteiger partial charge in [-0.25, -0.2) is 0 Å². The Balaban J connectivity index is 1.14. The molecule has 0 saturated heterocycles. The summed E-state index contributed by atoms with van der Waals surface area (Å²) < 4.78 is 12.3. The smallest absolute Gasteiger partial charge is 0.200 e. The average Bonchev–Trinajstić information content (AvgIpc) is 4.01. The van der Waals surface area contributed by atoms with Crippen LogP contribution >= 0.6 is 0 Å². The van der Waals surface area contributed by atoms with Crippen LogP contribution in [-0.4, -0.2) is 87.0 Å². The number of H-pyrrole nitrogens is 1. The number of benzene rings is 4. The second-order valence-corrected chi connectivity index (χ2v) is 21.2. The zero-order chi connectivity index (χ0) is 50.1. The maximum absolute atomic E-state index is 16.4. The molecule has 10 rings (SSSR count). The number of phenols is 4. The molecule has 3 aliphatic heterocycles. The summed E-state index contributed by atoms with van der Waals surface area (Å²) in [7, 11) is 1.90. The van der Waals surface area contributed by atoms with Crippen LogP contribution in [0.25, 0.3) is 10.8 Å². The fourth-order valence-corrected chi connectivity index (χ4v) is 13.2. The summed E-state index contributed by atoms with van der Waals surface area (Å²) in [6, 6.07) is 20.2. The van der Waals surface area contributed by atoms with Gasteiger partial charge >= 0.3 is 0 Å². The van der Waals surface area contributed by atoms with Crippen LogP contribution in [0.1, 0.15) is 98.1 Å². The first-order valence-corrected chi connectivity index (χ1v) is 26.1. The van der Waals surface area contributed by atoms with E-state index in [-0.39, 0.29) is 59.2 Å². The molecule has 0 unspecified atom stereocenters. The van der Waals surface area contributed by atoms with E-state index >= 15 is 4.79 Å². The zero-order valence-electron chi connectivity index (χ0n) is 41.4. The number of anilines is 1. The Bertz CT molecular complexity index is 2870. The van der Waals surface area contributed by atoms with Gasteiger partial charge in [-0.1, -0.05) is 43.4 Å². The van der Waals surface area contributed by atoms with E-state index in [9.17, 15) is 30.6 Å². The molecule has 1 fully saturated rings. The second kappa shape index (κ2) is 21.0. The monoisotopic (exact) mass is 979 g/mol. The fraction of sp³-hybridized carbons (Fsp3) is 0.441. The quantitative estimate of drug-likeness (QED) is 0.0420. The number of allylic oxidation sites excluding steroid dienone is 3. The minimum Gasteiger partial charge on any atom is -0.508 e.